The fourth-order valence-corrected chi connectivity index (χ4v) is 3.91. The zero-order valence-electron chi connectivity index (χ0n) is 13.5. The molecule has 0 aliphatic carbocycles. The molecular weight excluding hydrogens is 304 g/mol. The first-order chi connectivity index (χ1) is 10.5. The van der Waals surface area contributed by atoms with Gasteiger partial charge < -0.3 is 14.4 Å². The zero-order valence-corrected chi connectivity index (χ0v) is 14.3. The Labute approximate surface area is 132 Å². The summed E-state index contributed by atoms with van der Waals surface area (Å²) in [5, 5.41) is 0. The third kappa shape index (κ3) is 3.71. The van der Waals surface area contributed by atoms with Crippen molar-refractivity contribution in [3.8, 4) is 11.5 Å². The number of para-hydroxylation sites is 1. The Morgan fingerprint density at radius 1 is 1.18 bits per heavy atom. The molecule has 1 N–H and O–H groups in total. The zero-order chi connectivity index (χ0) is 16.2. The number of nitrogens with zero attached hydrogens (tertiary/aromatic N) is 1. The van der Waals surface area contributed by atoms with E-state index in [1.807, 2.05) is 18.2 Å². The Morgan fingerprint density at radius 2 is 1.86 bits per heavy atom. The van der Waals surface area contributed by atoms with Crippen molar-refractivity contribution < 1.29 is 22.8 Å². The summed E-state index contributed by atoms with van der Waals surface area (Å²) in [6.45, 7) is 5.27. The van der Waals surface area contributed by atoms with Crippen molar-refractivity contribution in [3.63, 3.8) is 0 Å². The van der Waals surface area contributed by atoms with E-state index in [-0.39, 0.29) is 5.75 Å². The minimum absolute atomic E-state index is 0.173. The summed E-state index contributed by atoms with van der Waals surface area (Å²) in [4.78, 5) is 1.36. The number of hydrogen-bond donors (Lipinski definition) is 1. The summed E-state index contributed by atoms with van der Waals surface area (Å²) < 4.78 is 36.1. The lowest BCUT2D eigenvalue weighted by atomic mass is 10.1. The minimum Gasteiger partial charge on any atom is -0.493 e. The third-order valence-corrected chi connectivity index (χ3v) is 5.99. The highest BCUT2D eigenvalue weighted by molar-refractivity contribution is 7.89. The molecule has 1 aromatic carbocycles. The molecule has 1 aliphatic heterocycles. The largest absolute Gasteiger partial charge is 0.493 e. The van der Waals surface area contributed by atoms with Crippen LogP contribution in [0.25, 0.3) is 0 Å². The lowest BCUT2D eigenvalue weighted by molar-refractivity contribution is -0.917. The summed E-state index contributed by atoms with van der Waals surface area (Å²) >= 11 is 0. The monoisotopic (exact) mass is 329 g/mol. The molecule has 0 spiro atoms. The van der Waals surface area contributed by atoms with Gasteiger partial charge >= 0.3 is 0 Å². The topological polar surface area (TPSA) is 60.3 Å². The molecule has 2 rings (SSSR count). The van der Waals surface area contributed by atoms with Gasteiger partial charge in [0.2, 0.25) is 10.0 Å². The first-order valence-corrected chi connectivity index (χ1v) is 9.14. The van der Waals surface area contributed by atoms with Crippen LogP contribution in [0, 0.1) is 0 Å². The predicted molar refractivity (Wildman–Crippen MR) is 85.0 cm³/mol. The number of ether oxygens (including phenoxy) is 2. The van der Waals surface area contributed by atoms with Gasteiger partial charge in [0.15, 0.2) is 11.5 Å². The van der Waals surface area contributed by atoms with Crippen molar-refractivity contribution in [1.82, 2.24) is 4.31 Å². The molecule has 0 aromatic heterocycles. The fraction of sp³-hybridized carbons (Fsp3) is 0.600. The van der Waals surface area contributed by atoms with E-state index in [1.54, 1.807) is 25.4 Å². The Hall–Kier alpha value is -1.31. The van der Waals surface area contributed by atoms with E-state index in [9.17, 15) is 8.42 Å². The summed E-state index contributed by atoms with van der Waals surface area (Å²) in [6.07, 6.45) is 0. The van der Waals surface area contributed by atoms with Gasteiger partial charge in [0.25, 0.3) is 0 Å². The highest BCUT2D eigenvalue weighted by atomic mass is 32.2. The molecule has 124 valence electrons. The van der Waals surface area contributed by atoms with Gasteiger partial charge in [-0.2, -0.15) is 4.31 Å². The van der Waals surface area contributed by atoms with Crippen molar-refractivity contribution in [2.75, 3.05) is 46.2 Å². The van der Waals surface area contributed by atoms with Crippen molar-refractivity contribution in [1.29, 1.82) is 0 Å². The van der Waals surface area contributed by atoms with Crippen LogP contribution >= 0.6 is 0 Å². The molecule has 1 fully saturated rings. The van der Waals surface area contributed by atoms with Crippen LogP contribution in [0.3, 0.4) is 0 Å². The molecule has 1 aromatic rings. The van der Waals surface area contributed by atoms with E-state index in [0.29, 0.717) is 13.1 Å². The molecule has 0 bridgehead atoms. The average Bonchev–Trinajstić information content (AvgIpc) is 2.55. The lowest BCUT2D eigenvalue weighted by Gasteiger charge is -2.31. The van der Waals surface area contributed by atoms with Crippen molar-refractivity contribution in [2.45, 2.75) is 13.5 Å². The van der Waals surface area contributed by atoms with E-state index in [2.05, 4.69) is 0 Å². The van der Waals surface area contributed by atoms with Crippen LogP contribution in [0.5, 0.6) is 11.5 Å². The van der Waals surface area contributed by atoms with Crippen LogP contribution in [0.2, 0.25) is 0 Å². The summed E-state index contributed by atoms with van der Waals surface area (Å²) in [5.41, 5.74) is 1.09. The maximum atomic E-state index is 11.9. The summed E-state index contributed by atoms with van der Waals surface area (Å²) in [6, 6.07) is 5.86. The molecular formula is C15H25N2O4S+. The quantitative estimate of drug-likeness (QED) is 0.782. The second kappa shape index (κ2) is 7.30. The molecule has 22 heavy (non-hydrogen) atoms. The van der Waals surface area contributed by atoms with Crippen LogP contribution in [0.15, 0.2) is 18.2 Å². The van der Waals surface area contributed by atoms with Gasteiger partial charge in [-0.3, -0.25) is 0 Å². The van der Waals surface area contributed by atoms with Crippen LogP contribution < -0.4 is 14.4 Å². The van der Waals surface area contributed by atoms with Crippen molar-refractivity contribution in [2.24, 2.45) is 0 Å². The Morgan fingerprint density at radius 3 is 2.41 bits per heavy atom. The minimum atomic E-state index is -3.07. The highest BCUT2D eigenvalue weighted by Crippen LogP contribution is 2.30. The maximum Gasteiger partial charge on any atom is 0.214 e. The van der Waals surface area contributed by atoms with Gasteiger partial charge in [0.1, 0.15) is 6.54 Å². The Balaban J connectivity index is 2.02. The predicted octanol–water partition coefficient (Wildman–Crippen LogP) is -0.246. The van der Waals surface area contributed by atoms with Crippen molar-refractivity contribution >= 4 is 10.0 Å². The van der Waals surface area contributed by atoms with E-state index in [4.69, 9.17) is 9.47 Å². The first-order valence-electron chi connectivity index (χ1n) is 7.53. The van der Waals surface area contributed by atoms with Gasteiger partial charge in [-0.05, 0) is 19.1 Å². The lowest BCUT2D eigenvalue weighted by Crippen LogP contribution is -3.13. The molecule has 0 atom stereocenters. The third-order valence-electron chi connectivity index (χ3n) is 4.11. The number of sulfonamides is 1. The van der Waals surface area contributed by atoms with Crippen LogP contribution in [-0.4, -0.2) is 58.9 Å². The molecule has 0 saturated carbocycles. The smallest absolute Gasteiger partial charge is 0.214 e. The second-order valence-corrected chi connectivity index (χ2v) is 7.64. The second-order valence-electron chi connectivity index (χ2n) is 5.38. The van der Waals surface area contributed by atoms with E-state index >= 15 is 0 Å². The molecule has 1 aliphatic rings. The number of methoxy groups -OCH3 is 2. The molecule has 6 nitrogen and oxygen atoms in total. The van der Waals surface area contributed by atoms with Crippen LogP contribution in [-0.2, 0) is 16.6 Å². The van der Waals surface area contributed by atoms with Gasteiger partial charge in [-0.25, -0.2) is 8.42 Å². The molecule has 1 saturated heterocycles. The normalized spacial score (nSPS) is 17.4. The molecule has 0 radical (unpaired) electrons. The SMILES string of the molecule is CCS(=O)(=O)N1CC[NH+](Cc2cccc(OC)c2OC)CC1. The summed E-state index contributed by atoms with van der Waals surface area (Å²) in [7, 11) is 0.203. The maximum absolute atomic E-state index is 11.9. The molecule has 1 heterocycles. The Kier molecular flexibility index (Phi) is 5.66. The van der Waals surface area contributed by atoms with E-state index in [0.717, 1.165) is 36.7 Å². The molecule has 7 heteroatoms. The van der Waals surface area contributed by atoms with Gasteiger partial charge in [-0.1, -0.05) is 6.07 Å². The fourth-order valence-electron chi connectivity index (χ4n) is 2.80. The number of quaternary nitrogens is 1. The number of piperazine rings is 1. The van der Waals surface area contributed by atoms with Crippen molar-refractivity contribution in [3.05, 3.63) is 23.8 Å². The number of nitrogens with one attached hydrogen (secondary N) is 1. The number of rotatable bonds is 6. The van der Waals surface area contributed by atoms with Crippen LogP contribution in [0.1, 0.15) is 12.5 Å². The van der Waals surface area contributed by atoms with E-state index < -0.39 is 10.0 Å². The van der Waals surface area contributed by atoms with Crippen LogP contribution in [0.4, 0.5) is 0 Å². The molecule has 0 amide bonds. The molecule has 0 unspecified atom stereocenters. The summed E-state index contributed by atoms with van der Waals surface area (Å²) in [5.74, 6) is 1.67. The standard InChI is InChI=1S/C15H24N2O4S/c1-4-22(18,19)17-10-8-16(9-11-17)12-13-6-5-7-14(20-2)15(13)21-3/h5-7H,4,8-12H2,1-3H3/p+1. The Bertz CT molecular complexity index is 596. The van der Waals surface area contributed by atoms with Gasteiger partial charge in [0, 0.05) is 0 Å². The highest BCUT2D eigenvalue weighted by Gasteiger charge is 2.28. The van der Waals surface area contributed by atoms with E-state index in [1.165, 1.54) is 4.90 Å². The number of benzene rings is 1. The van der Waals surface area contributed by atoms with Gasteiger partial charge in [0.05, 0.1) is 51.7 Å². The number of hydrogen-bond acceptors (Lipinski definition) is 4. The first kappa shape index (κ1) is 17.1. The van der Waals surface area contributed by atoms with Gasteiger partial charge in [-0.15, -0.1) is 0 Å². The average molecular weight is 329 g/mol.